The first-order valence-corrected chi connectivity index (χ1v) is 10.8. The molecule has 0 aliphatic carbocycles. The van der Waals surface area contributed by atoms with Gasteiger partial charge in [0, 0.05) is 49.8 Å². The Morgan fingerprint density at radius 3 is 2.34 bits per heavy atom. The highest BCUT2D eigenvalue weighted by Gasteiger charge is 2.09. The minimum Gasteiger partial charge on any atom is -0.318 e. The number of hydrogen-bond acceptors (Lipinski definition) is 3. The molecule has 0 atom stereocenters. The second-order valence-corrected chi connectivity index (χ2v) is 8.53. The fourth-order valence-corrected chi connectivity index (χ4v) is 4.03. The number of carbonyl (C=O) groups is 1. The van der Waals surface area contributed by atoms with Gasteiger partial charge in [-0.25, -0.2) is 5.43 Å². The molecule has 0 bridgehead atoms. The molecule has 0 aliphatic heterocycles. The number of carbonyl (C=O) groups excluding carboxylic acids is 1. The molecule has 150 valence electrons. The zero-order valence-electron chi connectivity index (χ0n) is 16.2. The number of nitrogens with zero attached hydrogens (tertiary/aromatic N) is 2. The van der Waals surface area contributed by atoms with Crippen LogP contribution in [-0.4, -0.2) is 22.4 Å². The third kappa shape index (κ3) is 5.89. The van der Waals surface area contributed by atoms with E-state index in [-0.39, 0.29) is 5.91 Å². The van der Waals surface area contributed by atoms with Gasteiger partial charge in [0.2, 0.25) is 5.91 Å². The Bertz CT molecular complexity index is 1010. The van der Waals surface area contributed by atoms with Gasteiger partial charge in [-0.3, -0.25) is 4.79 Å². The van der Waals surface area contributed by atoms with Crippen molar-refractivity contribution in [2.75, 3.05) is 5.75 Å². The Hall–Kier alpha value is -2.21. The Morgan fingerprint density at radius 2 is 1.69 bits per heavy atom. The zero-order valence-corrected chi connectivity index (χ0v) is 18.5. The van der Waals surface area contributed by atoms with Crippen LogP contribution < -0.4 is 5.43 Å². The Labute approximate surface area is 184 Å². The van der Waals surface area contributed by atoms with Crippen molar-refractivity contribution in [1.29, 1.82) is 0 Å². The number of benzene rings is 2. The van der Waals surface area contributed by atoms with Gasteiger partial charge >= 0.3 is 0 Å². The van der Waals surface area contributed by atoms with E-state index in [0.29, 0.717) is 22.2 Å². The Kier molecular flexibility index (Phi) is 7.42. The third-order valence-corrected chi connectivity index (χ3v) is 5.88. The van der Waals surface area contributed by atoms with Gasteiger partial charge in [0.25, 0.3) is 0 Å². The summed E-state index contributed by atoms with van der Waals surface area (Å²) in [5.74, 6) is 0.558. The number of halogens is 2. The van der Waals surface area contributed by atoms with Crippen molar-refractivity contribution in [3.63, 3.8) is 0 Å². The molecule has 2 aromatic carbocycles. The largest absolute Gasteiger partial charge is 0.318 e. The molecule has 0 spiro atoms. The molecule has 0 saturated heterocycles. The minimum atomic E-state index is -0.116. The first kappa shape index (κ1) is 21.5. The van der Waals surface area contributed by atoms with Crippen LogP contribution in [0.25, 0.3) is 5.69 Å². The lowest BCUT2D eigenvalue weighted by molar-refractivity contribution is -0.120. The van der Waals surface area contributed by atoms with Crippen LogP contribution in [0.1, 0.15) is 23.4 Å². The molecule has 29 heavy (non-hydrogen) atoms. The summed E-state index contributed by atoms with van der Waals surface area (Å²) >= 11 is 13.5. The van der Waals surface area contributed by atoms with Crippen LogP contribution in [0, 0.1) is 13.8 Å². The van der Waals surface area contributed by atoms with Gasteiger partial charge in [-0.15, -0.1) is 11.8 Å². The molecule has 1 amide bonds. The number of hydrazone groups is 1. The average molecular weight is 446 g/mol. The monoisotopic (exact) mass is 445 g/mol. The van der Waals surface area contributed by atoms with Crippen molar-refractivity contribution >= 4 is 47.1 Å². The number of rotatable bonds is 7. The van der Waals surface area contributed by atoms with E-state index in [4.69, 9.17) is 23.2 Å². The lowest BCUT2D eigenvalue weighted by atomic mass is 10.2. The average Bonchev–Trinajstić information content (AvgIpc) is 2.98. The highest BCUT2D eigenvalue weighted by Crippen LogP contribution is 2.22. The van der Waals surface area contributed by atoms with E-state index in [0.717, 1.165) is 27.5 Å². The normalized spacial score (nSPS) is 11.2. The molecule has 0 radical (unpaired) electrons. The lowest BCUT2D eigenvalue weighted by Crippen LogP contribution is -2.17. The van der Waals surface area contributed by atoms with Crippen LogP contribution in [-0.2, 0) is 4.79 Å². The van der Waals surface area contributed by atoms with Crippen LogP contribution in [0.15, 0.2) is 64.6 Å². The summed E-state index contributed by atoms with van der Waals surface area (Å²) < 4.78 is 2.13. The van der Waals surface area contributed by atoms with Crippen molar-refractivity contribution in [2.45, 2.75) is 25.2 Å². The van der Waals surface area contributed by atoms with E-state index in [1.807, 2.05) is 68.4 Å². The summed E-state index contributed by atoms with van der Waals surface area (Å²) in [4.78, 5) is 13.1. The first-order chi connectivity index (χ1) is 13.9. The topological polar surface area (TPSA) is 46.4 Å². The van der Waals surface area contributed by atoms with E-state index < -0.39 is 0 Å². The molecule has 3 aromatic rings. The fourth-order valence-electron chi connectivity index (χ4n) is 2.93. The number of amides is 1. The van der Waals surface area contributed by atoms with Gasteiger partial charge in [-0.05, 0) is 68.4 Å². The second kappa shape index (κ2) is 10.0. The van der Waals surface area contributed by atoms with E-state index >= 15 is 0 Å². The summed E-state index contributed by atoms with van der Waals surface area (Å²) in [6.45, 7) is 4.05. The van der Waals surface area contributed by atoms with Gasteiger partial charge in [0.1, 0.15) is 0 Å². The molecule has 0 fully saturated rings. The van der Waals surface area contributed by atoms with Gasteiger partial charge < -0.3 is 4.57 Å². The van der Waals surface area contributed by atoms with Gasteiger partial charge in [0.15, 0.2) is 0 Å². The van der Waals surface area contributed by atoms with E-state index in [9.17, 15) is 4.79 Å². The zero-order chi connectivity index (χ0) is 20.8. The molecule has 1 N–H and O–H groups in total. The molecule has 0 aliphatic rings. The summed E-state index contributed by atoms with van der Waals surface area (Å²) in [6.07, 6.45) is 2.06. The van der Waals surface area contributed by atoms with Crippen molar-refractivity contribution < 1.29 is 4.79 Å². The van der Waals surface area contributed by atoms with Crippen LogP contribution in [0.3, 0.4) is 0 Å². The third-order valence-electron chi connectivity index (χ3n) is 4.36. The van der Waals surface area contributed by atoms with Gasteiger partial charge in [-0.2, -0.15) is 5.10 Å². The van der Waals surface area contributed by atoms with Gasteiger partial charge in [0.05, 0.1) is 6.21 Å². The molecule has 3 rings (SSSR count). The van der Waals surface area contributed by atoms with E-state index in [1.54, 1.807) is 18.0 Å². The van der Waals surface area contributed by atoms with E-state index in [2.05, 4.69) is 15.1 Å². The van der Waals surface area contributed by atoms with E-state index in [1.165, 1.54) is 0 Å². The van der Waals surface area contributed by atoms with Crippen LogP contribution in [0.2, 0.25) is 10.0 Å². The Balaban J connectivity index is 1.54. The number of aryl methyl sites for hydroxylation is 1. The number of nitrogens with one attached hydrogen (secondary N) is 1. The standard InChI is InChI=1S/C22H21Cl2N3OS/c1-15-13-17(16(2)27(15)20-7-3-18(23)4-8-20)14-25-26-22(28)11-12-29-21-9-5-19(24)6-10-21/h3-10,13-14H,11-12H2,1-2H3,(H,26,28)/b25-14+. The van der Waals surface area contributed by atoms with Crippen LogP contribution in [0.4, 0.5) is 0 Å². The fraction of sp³-hybridized carbons (Fsp3) is 0.182. The molecule has 1 aromatic heterocycles. The smallest absolute Gasteiger partial charge is 0.240 e. The molecule has 4 nitrogen and oxygen atoms in total. The minimum absolute atomic E-state index is 0.116. The van der Waals surface area contributed by atoms with Crippen LogP contribution in [0.5, 0.6) is 0 Å². The van der Waals surface area contributed by atoms with Crippen molar-refractivity contribution in [3.05, 3.63) is 81.6 Å². The number of hydrogen-bond donors (Lipinski definition) is 1. The maximum atomic E-state index is 12.0. The van der Waals surface area contributed by atoms with Crippen molar-refractivity contribution in [1.82, 2.24) is 9.99 Å². The first-order valence-electron chi connectivity index (χ1n) is 9.09. The molecule has 0 saturated carbocycles. The number of thioether (sulfide) groups is 1. The van der Waals surface area contributed by atoms with Crippen molar-refractivity contribution in [2.24, 2.45) is 5.10 Å². The predicted molar refractivity (Wildman–Crippen MR) is 123 cm³/mol. The summed E-state index contributed by atoms with van der Waals surface area (Å²) in [5, 5.41) is 5.53. The number of aromatic nitrogens is 1. The second-order valence-electron chi connectivity index (χ2n) is 6.48. The molecule has 7 heteroatoms. The summed E-state index contributed by atoms with van der Waals surface area (Å²) in [7, 11) is 0. The lowest BCUT2D eigenvalue weighted by Gasteiger charge is -2.09. The molecule has 0 unspecified atom stereocenters. The quantitative estimate of drug-likeness (QED) is 0.274. The maximum Gasteiger partial charge on any atom is 0.240 e. The molecular weight excluding hydrogens is 425 g/mol. The van der Waals surface area contributed by atoms with Gasteiger partial charge in [-0.1, -0.05) is 23.2 Å². The molecule has 1 heterocycles. The van der Waals surface area contributed by atoms with Crippen LogP contribution >= 0.6 is 35.0 Å². The highest BCUT2D eigenvalue weighted by atomic mass is 35.5. The Morgan fingerprint density at radius 1 is 1.07 bits per heavy atom. The maximum absolute atomic E-state index is 12.0. The SMILES string of the molecule is Cc1cc(/C=N/NC(=O)CCSc2ccc(Cl)cc2)c(C)n1-c1ccc(Cl)cc1. The van der Waals surface area contributed by atoms with Crippen molar-refractivity contribution in [3.8, 4) is 5.69 Å². The summed E-state index contributed by atoms with van der Waals surface area (Å²) in [6, 6.07) is 17.3. The molecular formula is C22H21Cl2N3OS. The highest BCUT2D eigenvalue weighted by molar-refractivity contribution is 7.99. The predicted octanol–water partition coefficient (Wildman–Crippen LogP) is 6.03. The summed E-state index contributed by atoms with van der Waals surface area (Å²) in [5.41, 5.74) is 6.71.